The Morgan fingerprint density at radius 3 is 2.48 bits per heavy atom. The summed E-state index contributed by atoms with van der Waals surface area (Å²) in [5.74, 6) is -0.620. The lowest BCUT2D eigenvalue weighted by atomic mass is 10.1. The van der Waals surface area contributed by atoms with Crippen LogP contribution < -0.4 is 10.5 Å². The topological polar surface area (TPSA) is 61.0 Å². The fourth-order valence-electron chi connectivity index (χ4n) is 1.76. The van der Waals surface area contributed by atoms with E-state index >= 15 is 0 Å². The number of anilines is 1. The SMILES string of the molecule is Nc1nc(OCCCc2ccccc2)cc(C(F)(F)F)n1. The minimum Gasteiger partial charge on any atom is -0.478 e. The Morgan fingerprint density at radius 1 is 1.10 bits per heavy atom. The summed E-state index contributed by atoms with van der Waals surface area (Å²) in [4.78, 5) is 6.78. The second-order valence-corrected chi connectivity index (χ2v) is 4.38. The number of nitrogens with two attached hydrogens (primary N) is 1. The van der Waals surface area contributed by atoms with Crippen LogP contribution in [0.3, 0.4) is 0 Å². The molecule has 2 rings (SSSR count). The second kappa shape index (κ2) is 6.43. The summed E-state index contributed by atoms with van der Waals surface area (Å²) in [6.07, 6.45) is -3.14. The Labute approximate surface area is 119 Å². The number of aromatic nitrogens is 2. The average Bonchev–Trinajstić information content (AvgIpc) is 2.43. The molecule has 0 spiro atoms. The van der Waals surface area contributed by atoms with Crippen molar-refractivity contribution in [1.29, 1.82) is 0 Å². The first-order valence-electron chi connectivity index (χ1n) is 6.33. The van der Waals surface area contributed by atoms with E-state index in [1.807, 2.05) is 30.3 Å². The standard InChI is InChI=1S/C14H14F3N3O/c15-14(16,17)11-9-12(20-13(18)19-11)21-8-4-7-10-5-2-1-3-6-10/h1-3,5-6,9H,4,7-8H2,(H2,18,19,20). The largest absolute Gasteiger partial charge is 0.478 e. The minimum absolute atomic E-state index is 0.164. The molecule has 1 heterocycles. The van der Waals surface area contributed by atoms with Crippen molar-refractivity contribution in [1.82, 2.24) is 9.97 Å². The summed E-state index contributed by atoms with van der Waals surface area (Å²) in [5, 5.41) is 0. The molecule has 1 aromatic carbocycles. The molecule has 7 heteroatoms. The van der Waals surface area contributed by atoms with Gasteiger partial charge in [-0.15, -0.1) is 0 Å². The number of aryl methyl sites for hydroxylation is 1. The van der Waals surface area contributed by atoms with Crippen molar-refractivity contribution in [2.45, 2.75) is 19.0 Å². The Bertz CT molecular complexity index is 588. The molecule has 0 fully saturated rings. The molecule has 0 radical (unpaired) electrons. The lowest BCUT2D eigenvalue weighted by molar-refractivity contribution is -0.141. The Morgan fingerprint density at radius 2 is 1.81 bits per heavy atom. The van der Waals surface area contributed by atoms with Gasteiger partial charge in [-0.25, -0.2) is 4.98 Å². The maximum atomic E-state index is 12.6. The maximum absolute atomic E-state index is 12.6. The number of halogens is 3. The van der Waals surface area contributed by atoms with E-state index in [4.69, 9.17) is 10.5 Å². The highest BCUT2D eigenvalue weighted by Crippen LogP contribution is 2.29. The lowest BCUT2D eigenvalue weighted by Gasteiger charge is -2.09. The molecule has 0 saturated carbocycles. The van der Waals surface area contributed by atoms with E-state index in [0.29, 0.717) is 6.42 Å². The zero-order valence-electron chi connectivity index (χ0n) is 11.1. The average molecular weight is 297 g/mol. The number of nitrogen functional groups attached to an aromatic ring is 1. The van der Waals surface area contributed by atoms with Crippen LogP contribution in [0.25, 0.3) is 0 Å². The molecule has 112 valence electrons. The van der Waals surface area contributed by atoms with Crippen molar-refractivity contribution >= 4 is 5.95 Å². The molecule has 0 atom stereocenters. The molecule has 0 aliphatic heterocycles. The number of hydrogen-bond donors (Lipinski definition) is 1. The highest BCUT2D eigenvalue weighted by atomic mass is 19.4. The van der Waals surface area contributed by atoms with Crippen molar-refractivity contribution in [2.24, 2.45) is 0 Å². The van der Waals surface area contributed by atoms with Crippen molar-refractivity contribution < 1.29 is 17.9 Å². The molecule has 1 aromatic heterocycles. The highest BCUT2D eigenvalue weighted by molar-refractivity contribution is 5.27. The van der Waals surface area contributed by atoms with Crippen LogP contribution >= 0.6 is 0 Å². The number of nitrogens with zero attached hydrogens (tertiary/aromatic N) is 2. The summed E-state index contributed by atoms with van der Waals surface area (Å²) in [5.41, 5.74) is 5.28. The van der Waals surface area contributed by atoms with E-state index in [1.54, 1.807) is 0 Å². The van der Waals surface area contributed by atoms with Gasteiger partial charge in [0.2, 0.25) is 11.8 Å². The first kappa shape index (κ1) is 15.1. The van der Waals surface area contributed by atoms with Gasteiger partial charge in [-0.3, -0.25) is 0 Å². The van der Waals surface area contributed by atoms with Gasteiger partial charge in [0.15, 0.2) is 5.69 Å². The van der Waals surface area contributed by atoms with Gasteiger partial charge in [-0.05, 0) is 18.4 Å². The van der Waals surface area contributed by atoms with E-state index in [0.717, 1.165) is 18.1 Å². The molecule has 21 heavy (non-hydrogen) atoms. The Balaban J connectivity index is 1.90. The molecule has 0 aliphatic carbocycles. The van der Waals surface area contributed by atoms with Gasteiger partial charge in [-0.2, -0.15) is 18.2 Å². The normalized spacial score (nSPS) is 11.4. The maximum Gasteiger partial charge on any atom is 0.433 e. The van der Waals surface area contributed by atoms with Crippen LogP contribution in [-0.4, -0.2) is 16.6 Å². The van der Waals surface area contributed by atoms with Crippen molar-refractivity contribution in [3.8, 4) is 5.88 Å². The second-order valence-electron chi connectivity index (χ2n) is 4.38. The van der Waals surface area contributed by atoms with Crippen molar-refractivity contribution in [3.05, 3.63) is 47.7 Å². The third-order valence-corrected chi connectivity index (χ3v) is 2.71. The first-order chi connectivity index (χ1) is 9.95. The fraction of sp³-hybridized carbons (Fsp3) is 0.286. The van der Waals surface area contributed by atoms with Gasteiger partial charge in [0.25, 0.3) is 0 Å². The summed E-state index contributed by atoms with van der Waals surface area (Å²) >= 11 is 0. The first-order valence-corrected chi connectivity index (χ1v) is 6.33. The van der Waals surface area contributed by atoms with Crippen LogP contribution in [0.1, 0.15) is 17.7 Å². The van der Waals surface area contributed by atoms with Gasteiger partial charge in [-0.1, -0.05) is 30.3 Å². The predicted molar refractivity (Wildman–Crippen MR) is 71.7 cm³/mol. The van der Waals surface area contributed by atoms with Crippen LogP contribution in [-0.2, 0) is 12.6 Å². The number of benzene rings is 1. The number of rotatable bonds is 5. The van der Waals surface area contributed by atoms with E-state index in [1.165, 1.54) is 0 Å². The molecule has 0 saturated heterocycles. The van der Waals surface area contributed by atoms with Crippen LogP contribution in [0.4, 0.5) is 19.1 Å². The predicted octanol–water partition coefficient (Wildman–Crippen LogP) is 3.09. The van der Waals surface area contributed by atoms with Crippen molar-refractivity contribution in [3.63, 3.8) is 0 Å². The molecule has 4 nitrogen and oxygen atoms in total. The molecular weight excluding hydrogens is 283 g/mol. The molecule has 2 N–H and O–H groups in total. The summed E-state index contributed by atoms with van der Waals surface area (Å²) in [6, 6.07) is 10.5. The monoisotopic (exact) mass is 297 g/mol. The molecule has 0 aliphatic rings. The number of alkyl halides is 3. The summed E-state index contributed by atoms with van der Waals surface area (Å²) in [7, 11) is 0. The molecule has 0 unspecified atom stereocenters. The van der Waals surface area contributed by atoms with E-state index in [-0.39, 0.29) is 12.5 Å². The van der Waals surface area contributed by atoms with Gasteiger partial charge < -0.3 is 10.5 Å². The van der Waals surface area contributed by atoms with Gasteiger partial charge >= 0.3 is 6.18 Å². The van der Waals surface area contributed by atoms with E-state index in [9.17, 15) is 13.2 Å². The number of hydrogen-bond acceptors (Lipinski definition) is 4. The van der Waals surface area contributed by atoms with Crippen molar-refractivity contribution in [2.75, 3.05) is 12.3 Å². The summed E-state index contributed by atoms with van der Waals surface area (Å²) < 4.78 is 42.9. The molecule has 0 bridgehead atoms. The van der Waals surface area contributed by atoms with E-state index in [2.05, 4.69) is 9.97 Å². The zero-order chi connectivity index (χ0) is 15.3. The van der Waals surface area contributed by atoms with Crippen LogP contribution in [0.2, 0.25) is 0 Å². The van der Waals surface area contributed by atoms with Gasteiger partial charge in [0, 0.05) is 6.07 Å². The molecular formula is C14H14F3N3O. The van der Waals surface area contributed by atoms with Gasteiger partial charge in [0.1, 0.15) is 0 Å². The van der Waals surface area contributed by atoms with Crippen LogP contribution in [0, 0.1) is 0 Å². The van der Waals surface area contributed by atoms with Crippen LogP contribution in [0.15, 0.2) is 36.4 Å². The summed E-state index contributed by atoms with van der Waals surface area (Å²) in [6.45, 7) is 0.253. The highest BCUT2D eigenvalue weighted by Gasteiger charge is 2.33. The molecule has 2 aromatic rings. The van der Waals surface area contributed by atoms with Gasteiger partial charge in [0.05, 0.1) is 6.61 Å². The minimum atomic E-state index is -4.57. The zero-order valence-corrected chi connectivity index (χ0v) is 11.1. The Kier molecular flexibility index (Phi) is 4.62. The van der Waals surface area contributed by atoms with E-state index < -0.39 is 17.8 Å². The third kappa shape index (κ3) is 4.62. The Hall–Kier alpha value is -2.31. The molecule has 0 amide bonds. The number of ether oxygens (including phenoxy) is 1. The quantitative estimate of drug-likeness (QED) is 0.861. The lowest BCUT2D eigenvalue weighted by Crippen LogP contribution is -2.12. The smallest absolute Gasteiger partial charge is 0.433 e. The fourth-order valence-corrected chi connectivity index (χ4v) is 1.76. The third-order valence-electron chi connectivity index (χ3n) is 2.71. The van der Waals surface area contributed by atoms with Crippen LogP contribution in [0.5, 0.6) is 5.88 Å².